The number of ether oxygens (including phenoxy) is 1. The van der Waals surface area contributed by atoms with Gasteiger partial charge in [-0.25, -0.2) is 9.97 Å². The SMILES string of the molecule is CCCn1c(C2CCCC2)nc2nc(Oc3cc(C)ccn3)[nH]c(=O)c21. The first-order valence-corrected chi connectivity index (χ1v) is 9.26. The fourth-order valence-corrected chi connectivity index (χ4v) is 3.70. The predicted octanol–water partition coefficient (Wildman–Crippen LogP) is 3.68. The molecule has 4 rings (SSSR count). The van der Waals surface area contributed by atoms with Crippen LogP contribution in [0.15, 0.2) is 23.1 Å². The third-order valence-corrected chi connectivity index (χ3v) is 4.88. The van der Waals surface area contributed by atoms with Crippen LogP contribution in [0, 0.1) is 6.92 Å². The topological polar surface area (TPSA) is 85.7 Å². The molecule has 0 bridgehead atoms. The molecule has 1 aliphatic carbocycles. The summed E-state index contributed by atoms with van der Waals surface area (Å²) in [4.78, 5) is 28.8. The van der Waals surface area contributed by atoms with Gasteiger partial charge < -0.3 is 9.30 Å². The van der Waals surface area contributed by atoms with Gasteiger partial charge in [0.05, 0.1) is 0 Å². The number of fused-ring (bicyclic) bond motifs is 1. The molecule has 1 aliphatic rings. The Kier molecular flexibility index (Phi) is 4.44. The highest BCUT2D eigenvalue weighted by atomic mass is 16.5. The van der Waals surface area contributed by atoms with Crippen molar-refractivity contribution in [2.75, 3.05) is 0 Å². The third kappa shape index (κ3) is 3.09. The summed E-state index contributed by atoms with van der Waals surface area (Å²) in [5, 5.41) is 0. The largest absolute Gasteiger partial charge is 0.406 e. The van der Waals surface area contributed by atoms with Gasteiger partial charge in [0.15, 0.2) is 11.2 Å². The Morgan fingerprint density at radius 1 is 1.31 bits per heavy atom. The molecule has 3 aromatic heterocycles. The van der Waals surface area contributed by atoms with Crippen LogP contribution >= 0.6 is 0 Å². The minimum atomic E-state index is -0.220. The molecule has 1 fully saturated rings. The Morgan fingerprint density at radius 3 is 2.85 bits per heavy atom. The van der Waals surface area contributed by atoms with Gasteiger partial charge >= 0.3 is 6.01 Å². The van der Waals surface area contributed by atoms with Crippen molar-refractivity contribution >= 4 is 11.2 Å². The van der Waals surface area contributed by atoms with Gasteiger partial charge in [-0.2, -0.15) is 4.98 Å². The van der Waals surface area contributed by atoms with Crippen molar-refractivity contribution in [2.45, 2.75) is 58.4 Å². The summed E-state index contributed by atoms with van der Waals surface area (Å²) in [6.07, 6.45) is 7.29. The Bertz CT molecular complexity index is 985. The highest BCUT2D eigenvalue weighted by Crippen LogP contribution is 2.34. The minimum absolute atomic E-state index is 0.125. The van der Waals surface area contributed by atoms with Crippen LogP contribution in [-0.4, -0.2) is 24.5 Å². The zero-order valence-electron chi connectivity index (χ0n) is 15.2. The number of pyridine rings is 1. The molecule has 0 atom stereocenters. The molecule has 0 aromatic carbocycles. The normalized spacial score (nSPS) is 15.0. The maximum absolute atomic E-state index is 12.7. The molecule has 136 valence electrons. The van der Waals surface area contributed by atoms with Crippen LogP contribution in [-0.2, 0) is 6.54 Å². The van der Waals surface area contributed by atoms with Gasteiger partial charge in [-0.1, -0.05) is 19.8 Å². The average Bonchev–Trinajstić information content (AvgIpc) is 3.23. The van der Waals surface area contributed by atoms with Crippen molar-refractivity contribution in [3.05, 3.63) is 40.1 Å². The number of rotatable bonds is 5. The minimum Gasteiger partial charge on any atom is -0.406 e. The summed E-state index contributed by atoms with van der Waals surface area (Å²) in [7, 11) is 0. The standard InChI is InChI=1S/C19H23N5O2/c1-3-10-24-15-16(21-17(24)13-6-4-5-7-13)22-19(23-18(15)25)26-14-11-12(2)8-9-20-14/h8-9,11,13H,3-7,10H2,1-2H3,(H,22,23,25). The molecule has 0 unspecified atom stereocenters. The number of nitrogens with zero attached hydrogens (tertiary/aromatic N) is 4. The number of nitrogens with one attached hydrogen (secondary N) is 1. The Labute approximate surface area is 151 Å². The third-order valence-electron chi connectivity index (χ3n) is 4.88. The quantitative estimate of drug-likeness (QED) is 0.756. The van der Waals surface area contributed by atoms with Gasteiger partial charge in [-0.15, -0.1) is 0 Å². The Balaban J connectivity index is 1.77. The van der Waals surface area contributed by atoms with Crippen molar-refractivity contribution < 1.29 is 4.74 Å². The van der Waals surface area contributed by atoms with Crippen molar-refractivity contribution in [1.29, 1.82) is 0 Å². The molecule has 3 heterocycles. The molecule has 0 radical (unpaired) electrons. The van der Waals surface area contributed by atoms with Crippen LogP contribution in [0.5, 0.6) is 11.9 Å². The number of imidazole rings is 1. The van der Waals surface area contributed by atoms with Crippen molar-refractivity contribution in [2.24, 2.45) is 0 Å². The van der Waals surface area contributed by atoms with Crippen molar-refractivity contribution in [3.63, 3.8) is 0 Å². The number of hydrogen-bond acceptors (Lipinski definition) is 5. The van der Waals surface area contributed by atoms with Crippen LogP contribution in [0.25, 0.3) is 11.2 Å². The van der Waals surface area contributed by atoms with Gasteiger partial charge in [0.2, 0.25) is 5.88 Å². The molecule has 3 aromatic rings. The fourth-order valence-electron chi connectivity index (χ4n) is 3.70. The summed E-state index contributed by atoms with van der Waals surface area (Å²) in [5.41, 5.74) is 1.79. The smallest absolute Gasteiger partial charge is 0.305 e. The number of aromatic amines is 1. The van der Waals surface area contributed by atoms with Gasteiger partial charge in [0.25, 0.3) is 5.56 Å². The lowest BCUT2D eigenvalue weighted by Crippen LogP contribution is -2.15. The lowest BCUT2D eigenvalue weighted by molar-refractivity contribution is 0.425. The second-order valence-corrected chi connectivity index (χ2v) is 6.92. The maximum Gasteiger partial charge on any atom is 0.305 e. The molecule has 0 aliphatic heterocycles. The predicted molar refractivity (Wildman–Crippen MR) is 98.7 cm³/mol. The van der Waals surface area contributed by atoms with Gasteiger partial charge in [-0.05, 0) is 37.8 Å². The zero-order valence-corrected chi connectivity index (χ0v) is 15.2. The first-order chi connectivity index (χ1) is 12.7. The van der Waals surface area contributed by atoms with Gasteiger partial charge in [-0.3, -0.25) is 9.78 Å². The number of aromatic nitrogens is 5. The zero-order chi connectivity index (χ0) is 18.1. The van der Waals surface area contributed by atoms with Crippen LogP contribution in [0.3, 0.4) is 0 Å². The summed E-state index contributed by atoms with van der Waals surface area (Å²) in [6, 6.07) is 3.80. The van der Waals surface area contributed by atoms with Crippen molar-refractivity contribution in [1.82, 2.24) is 24.5 Å². The van der Waals surface area contributed by atoms with E-state index in [1.807, 2.05) is 17.6 Å². The average molecular weight is 353 g/mol. The summed E-state index contributed by atoms with van der Waals surface area (Å²) < 4.78 is 7.70. The molecular formula is C19H23N5O2. The van der Waals surface area contributed by atoms with E-state index in [0.29, 0.717) is 23.0 Å². The molecule has 1 saturated carbocycles. The molecule has 26 heavy (non-hydrogen) atoms. The van der Waals surface area contributed by atoms with E-state index in [1.165, 1.54) is 12.8 Å². The fraction of sp³-hybridized carbons (Fsp3) is 0.474. The molecular weight excluding hydrogens is 330 g/mol. The van der Waals surface area contributed by atoms with Crippen molar-refractivity contribution in [3.8, 4) is 11.9 Å². The second-order valence-electron chi connectivity index (χ2n) is 6.92. The van der Waals surface area contributed by atoms with Crippen LogP contribution in [0.1, 0.15) is 56.3 Å². The molecule has 0 saturated heterocycles. The molecule has 7 heteroatoms. The second kappa shape index (κ2) is 6.90. The van der Waals surface area contributed by atoms with E-state index in [0.717, 1.165) is 37.2 Å². The monoisotopic (exact) mass is 353 g/mol. The van der Waals surface area contributed by atoms with E-state index in [1.54, 1.807) is 12.3 Å². The van der Waals surface area contributed by atoms with E-state index in [2.05, 4.69) is 21.9 Å². The number of hydrogen-bond donors (Lipinski definition) is 1. The maximum atomic E-state index is 12.7. The number of H-pyrrole nitrogens is 1. The lowest BCUT2D eigenvalue weighted by Gasteiger charge is -2.12. The number of aryl methyl sites for hydroxylation is 2. The molecule has 0 spiro atoms. The van der Waals surface area contributed by atoms with Crippen LogP contribution in [0.4, 0.5) is 0 Å². The Hall–Kier alpha value is -2.70. The summed E-state index contributed by atoms with van der Waals surface area (Å²) >= 11 is 0. The van der Waals surface area contributed by atoms with E-state index in [4.69, 9.17) is 9.72 Å². The summed E-state index contributed by atoms with van der Waals surface area (Å²) in [6.45, 7) is 4.83. The molecule has 7 nitrogen and oxygen atoms in total. The Morgan fingerprint density at radius 2 is 2.12 bits per heavy atom. The first kappa shape index (κ1) is 16.8. The van der Waals surface area contributed by atoms with Crippen LogP contribution < -0.4 is 10.3 Å². The van der Waals surface area contributed by atoms with E-state index in [-0.39, 0.29) is 11.6 Å². The highest BCUT2D eigenvalue weighted by Gasteiger charge is 2.25. The summed E-state index contributed by atoms with van der Waals surface area (Å²) in [5.74, 6) is 1.80. The van der Waals surface area contributed by atoms with Crippen LogP contribution in [0.2, 0.25) is 0 Å². The molecule has 0 amide bonds. The lowest BCUT2D eigenvalue weighted by atomic mass is 10.1. The van der Waals surface area contributed by atoms with E-state index in [9.17, 15) is 4.79 Å². The first-order valence-electron chi connectivity index (χ1n) is 9.26. The van der Waals surface area contributed by atoms with E-state index >= 15 is 0 Å². The van der Waals surface area contributed by atoms with Gasteiger partial charge in [0, 0.05) is 24.7 Å². The highest BCUT2D eigenvalue weighted by molar-refractivity contribution is 5.71. The van der Waals surface area contributed by atoms with E-state index < -0.39 is 0 Å². The van der Waals surface area contributed by atoms with Gasteiger partial charge in [0.1, 0.15) is 5.82 Å². The molecule has 1 N–H and O–H groups in total.